The van der Waals surface area contributed by atoms with E-state index in [1.165, 1.54) is 17.0 Å². The second kappa shape index (κ2) is 9.32. The van der Waals surface area contributed by atoms with Crippen LogP contribution >= 0.6 is 0 Å². The Morgan fingerprint density at radius 3 is 2.30 bits per heavy atom. The molecule has 0 unspecified atom stereocenters. The summed E-state index contributed by atoms with van der Waals surface area (Å²) in [6.07, 6.45) is 1.94. The lowest BCUT2D eigenvalue weighted by Crippen LogP contribution is -2.43. The second-order valence-electron chi connectivity index (χ2n) is 8.23. The first-order chi connectivity index (χ1) is 15.8. The van der Waals surface area contributed by atoms with Gasteiger partial charge in [0.15, 0.2) is 0 Å². The predicted octanol–water partition coefficient (Wildman–Crippen LogP) is 4.38. The van der Waals surface area contributed by atoms with Crippen LogP contribution in [0.15, 0.2) is 72.8 Å². The van der Waals surface area contributed by atoms with Crippen molar-refractivity contribution in [1.82, 2.24) is 4.90 Å². The van der Waals surface area contributed by atoms with E-state index in [-0.39, 0.29) is 17.4 Å². The SMILES string of the molecule is C[C@H](c1cc(F)cc(OC2CC2)c1)N(C(=O)c1ccccc1N)[C@@H](C(N)=O)c1ccccc1. The lowest BCUT2D eigenvalue weighted by molar-refractivity contribution is -0.123. The molecule has 0 aromatic heterocycles. The number of carbonyl (C=O) groups is 2. The molecule has 3 aromatic rings. The molecule has 33 heavy (non-hydrogen) atoms. The largest absolute Gasteiger partial charge is 0.490 e. The van der Waals surface area contributed by atoms with Crippen LogP contribution in [0.2, 0.25) is 0 Å². The molecule has 0 saturated heterocycles. The monoisotopic (exact) mass is 447 g/mol. The van der Waals surface area contributed by atoms with Crippen molar-refractivity contribution >= 4 is 17.5 Å². The number of para-hydroxylation sites is 1. The van der Waals surface area contributed by atoms with Crippen LogP contribution < -0.4 is 16.2 Å². The molecule has 1 aliphatic rings. The number of nitrogens with two attached hydrogens (primary N) is 2. The predicted molar refractivity (Wildman–Crippen MR) is 124 cm³/mol. The summed E-state index contributed by atoms with van der Waals surface area (Å²) in [4.78, 5) is 27.8. The van der Waals surface area contributed by atoms with Crippen LogP contribution in [0.3, 0.4) is 0 Å². The number of ether oxygens (including phenoxy) is 1. The minimum atomic E-state index is -1.09. The highest BCUT2D eigenvalue weighted by molar-refractivity contribution is 6.01. The zero-order valence-corrected chi connectivity index (χ0v) is 18.3. The number of hydrogen-bond donors (Lipinski definition) is 2. The summed E-state index contributed by atoms with van der Waals surface area (Å²) in [5.41, 5.74) is 13.4. The smallest absolute Gasteiger partial charge is 0.257 e. The van der Waals surface area contributed by atoms with E-state index in [9.17, 15) is 14.0 Å². The van der Waals surface area contributed by atoms with Crippen LogP contribution in [0.25, 0.3) is 0 Å². The molecule has 6 nitrogen and oxygen atoms in total. The van der Waals surface area contributed by atoms with Gasteiger partial charge in [0, 0.05) is 11.8 Å². The molecule has 4 rings (SSSR count). The van der Waals surface area contributed by atoms with Gasteiger partial charge in [0.2, 0.25) is 5.91 Å². The molecule has 0 aliphatic heterocycles. The van der Waals surface area contributed by atoms with Crippen molar-refractivity contribution in [3.63, 3.8) is 0 Å². The number of nitrogens with zero attached hydrogens (tertiary/aromatic N) is 1. The zero-order valence-electron chi connectivity index (χ0n) is 18.3. The first-order valence-corrected chi connectivity index (χ1v) is 10.8. The normalized spacial score (nSPS) is 14.8. The maximum Gasteiger partial charge on any atom is 0.257 e. The van der Waals surface area contributed by atoms with E-state index in [0.717, 1.165) is 12.8 Å². The zero-order chi connectivity index (χ0) is 23.5. The van der Waals surface area contributed by atoms with Gasteiger partial charge in [-0.1, -0.05) is 42.5 Å². The minimum absolute atomic E-state index is 0.0829. The molecule has 2 atom stereocenters. The van der Waals surface area contributed by atoms with Gasteiger partial charge in [0.25, 0.3) is 5.91 Å². The molecule has 1 saturated carbocycles. The Hall–Kier alpha value is -3.87. The molecular formula is C26H26FN3O3. The molecule has 1 aliphatic carbocycles. The fourth-order valence-electron chi connectivity index (χ4n) is 3.88. The third-order valence-corrected chi connectivity index (χ3v) is 5.71. The van der Waals surface area contributed by atoms with Crippen LogP contribution in [0.4, 0.5) is 10.1 Å². The number of halogens is 1. The van der Waals surface area contributed by atoms with Gasteiger partial charge >= 0.3 is 0 Å². The first-order valence-electron chi connectivity index (χ1n) is 10.8. The number of carbonyl (C=O) groups excluding carboxylic acids is 2. The number of hydrogen-bond acceptors (Lipinski definition) is 4. The molecule has 0 radical (unpaired) electrons. The number of amides is 2. The summed E-state index contributed by atoms with van der Waals surface area (Å²) in [5, 5.41) is 0. The second-order valence-corrected chi connectivity index (χ2v) is 8.23. The molecule has 0 bridgehead atoms. The topological polar surface area (TPSA) is 98.7 Å². The van der Waals surface area contributed by atoms with Crippen molar-refractivity contribution in [1.29, 1.82) is 0 Å². The van der Waals surface area contributed by atoms with Crippen molar-refractivity contribution < 1.29 is 18.7 Å². The van der Waals surface area contributed by atoms with Gasteiger partial charge in [-0.3, -0.25) is 9.59 Å². The van der Waals surface area contributed by atoms with Gasteiger partial charge in [-0.05, 0) is 55.2 Å². The van der Waals surface area contributed by atoms with E-state index in [4.69, 9.17) is 16.2 Å². The van der Waals surface area contributed by atoms with Crippen LogP contribution in [0.5, 0.6) is 5.75 Å². The van der Waals surface area contributed by atoms with Crippen molar-refractivity contribution in [2.45, 2.75) is 38.0 Å². The van der Waals surface area contributed by atoms with Crippen molar-refractivity contribution in [3.05, 3.63) is 95.3 Å². The van der Waals surface area contributed by atoms with Crippen molar-refractivity contribution in [3.8, 4) is 5.75 Å². The quantitative estimate of drug-likeness (QED) is 0.501. The number of benzene rings is 3. The highest BCUT2D eigenvalue weighted by Gasteiger charge is 2.36. The molecule has 2 amide bonds. The fourth-order valence-corrected chi connectivity index (χ4v) is 3.88. The van der Waals surface area contributed by atoms with E-state index in [1.54, 1.807) is 67.6 Å². The molecule has 3 aromatic carbocycles. The standard InChI is InChI=1S/C26H26FN3O3/c1-16(18-13-19(27)15-21(14-18)33-20-11-12-20)30(26(32)22-9-5-6-10-23(22)28)24(25(29)31)17-7-3-2-4-8-17/h2-10,13-16,20,24H,11-12,28H2,1H3,(H2,29,31)/t16-,24-/m1/s1. The van der Waals surface area contributed by atoms with E-state index >= 15 is 0 Å². The van der Waals surface area contributed by atoms with Crippen LogP contribution in [-0.2, 0) is 4.79 Å². The molecule has 7 heteroatoms. The van der Waals surface area contributed by atoms with Crippen LogP contribution in [-0.4, -0.2) is 22.8 Å². The fraction of sp³-hybridized carbons (Fsp3) is 0.231. The summed E-state index contributed by atoms with van der Waals surface area (Å²) in [7, 11) is 0. The summed E-state index contributed by atoms with van der Waals surface area (Å²) < 4.78 is 20.3. The van der Waals surface area contributed by atoms with Gasteiger partial charge in [-0.15, -0.1) is 0 Å². The Labute approximate surface area is 192 Å². The Kier molecular flexibility index (Phi) is 6.31. The van der Waals surface area contributed by atoms with Crippen molar-refractivity contribution in [2.24, 2.45) is 5.73 Å². The molecule has 0 heterocycles. The highest BCUT2D eigenvalue weighted by Crippen LogP contribution is 2.36. The Bertz CT molecular complexity index is 1160. The van der Waals surface area contributed by atoms with Gasteiger partial charge in [-0.25, -0.2) is 4.39 Å². The molecule has 0 spiro atoms. The average molecular weight is 448 g/mol. The molecule has 4 N–H and O–H groups in total. The number of primary amides is 1. The van der Waals surface area contributed by atoms with Gasteiger partial charge in [0.05, 0.1) is 17.7 Å². The minimum Gasteiger partial charge on any atom is -0.490 e. The Morgan fingerprint density at radius 2 is 1.67 bits per heavy atom. The summed E-state index contributed by atoms with van der Waals surface area (Å²) >= 11 is 0. The van der Waals surface area contributed by atoms with Crippen LogP contribution in [0.1, 0.15) is 53.3 Å². The van der Waals surface area contributed by atoms with Gasteiger partial charge in [0.1, 0.15) is 17.6 Å². The number of nitrogen functional groups attached to an aromatic ring is 1. The third kappa shape index (κ3) is 4.98. The lowest BCUT2D eigenvalue weighted by Gasteiger charge is -2.36. The first kappa shape index (κ1) is 22.3. The summed E-state index contributed by atoms with van der Waals surface area (Å²) in [5.74, 6) is -1.29. The van der Waals surface area contributed by atoms with E-state index in [1.807, 2.05) is 0 Å². The third-order valence-electron chi connectivity index (χ3n) is 5.71. The molecular weight excluding hydrogens is 421 g/mol. The van der Waals surface area contributed by atoms with Crippen molar-refractivity contribution in [2.75, 3.05) is 5.73 Å². The van der Waals surface area contributed by atoms with Gasteiger partial charge in [-0.2, -0.15) is 0 Å². The number of rotatable bonds is 8. The summed E-state index contributed by atoms with van der Waals surface area (Å²) in [6.45, 7) is 1.73. The Morgan fingerprint density at radius 1 is 1.00 bits per heavy atom. The average Bonchev–Trinajstić information content (AvgIpc) is 3.60. The number of anilines is 1. The lowest BCUT2D eigenvalue weighted by atomic mass is 9.97. The van der Waals surface area contributed by atoms with E-state index in [0.29, 0.717) is 16.9 Å². The summed E-state index contributed by atoms with van der Waals surface area (Å²) in [6, 6.07) is 17.9. The maximum atomic E-state index is 14.5. The molecule has 1 fully saturated rings. The van der Waals surface area contributed by atoms with E-state index in [2.05, 4.69) is 0 Å². The Balaban J connectivity index is 1.81. The maximum absolute atomic E-state index is 14.5. The molecule has 170 valence electrons. The van der Waals surface area contributed by atoms with Gasteiger partial charge < -0.3 is 21.1 Å². The highest BCUT2D eigenvalue weighted by atomic mass is 19.1. The van der Waals surface area contributed by atoms with E-state index < -0.39 is 29.7 Å². The van der Waals surface area contributed by atoms with Crippen LogP contribution in [0, 0.1) is 5.82 Å².